The second-order valence-electron chi connectivity index (χ2n) is 6.54. The second-order valence-corrected chi connectivity index (χ2v) is 6.98. The first kappa shape index (κ1) is 17.7. The van der Waals surface area contributed by atoms with Gasteiger partial charge in [-0.15, -0.1) is 0 Å². The Bertz CT molecular complexity index is 472. The molecule has 4 heteroatoms. The highest BCUT2D eigenvalue weighted by Crippen LogP contribution is 2.47. The van der Waals surface area contributed by atoms with Crippen molar-refractivity contribution in [3.63, 3.8) is 0 Å². The van der Waals surface area contributed by atoms with Crippen molar-refractivity contribution in [3.8, 4) is 0 Å². The van der Waals surface area contributed by atoms with Crippen LogP contribution in [0.2, 0.25) is 5.02 Å². The maximum atomic E-state index is 10.8. The third-order valence-electron chi connectivity index (χ3n) is 5.21. The van der Waals surface area contributed by atoms with Gasteiger partial charge in [0.25, 0.3) is 0 Å². The molecular weight excluding hydrogens is 298 g/mol. The largest absolute Gasteiger partial charge is 0.387 e. The van der Waals surface area contributed by atoms with Crippen LogP contribution in [0.5, 0.6) is 0 Å². The average molecular weight is 326 g/mol. The van der Waals surface area contributed by atoms with E-state index in [9.17, 15) is 5.11 Å². The highest BCUT2D eigenvalue weighted by molar-refractivity contribution is 6.30. The van der Waals surface area contributed by atoms with Crippen LogP contribution < -0.4 is 5.73 Å². The summed E-state index contributed by atoms with van der Waals surface area (Å²) in [6.07, 6.45) is 4.55. The molecule has 1 aliphatic rings. The molecule has 1 aromatic rings. The molecule has 0 amide bonds. The van der Waals surface area contributed by atoms with Gasteiger partial charge < -0.3 is 15.6 Å². The van der Waals surface area contributed by atoms with E-state index < -0.39 is 5.60 Å². The van der Waals surface area contributed by atoms with Crippen molar-refractivity contribution in [2.45, 2.75) is 63.0 Å². The van der Waals surface area contributed by atoms with Crippen molar-refractivity contribution in [1.82, 2.24) is 0 Å². The Kier molecular flexibility index (Phi) is 5.89. The van der Waals surface area contributed by atoms with Crippen LogP contribution in [-0.2, 0) is 10.2 Å². The van der Waals surface area contributed by atoms with Gasteiger partial charge in [0, 0.05) is 23.1 Å². The average Bonchev–Trinajstić information content (AvgIpc) is 2.46. The molecular formula is C18H28ClNO2. The maximum absolute atomic E-state index is 10.8. The summed E-state index contributed by atoms with van der Waals surface area (Å²) in [7, 11) is 0. The lowest BCUT2D eigenvalue weighted by atomic mass is 9.58. The standard InChI is InChI=1S/C18H28ClNO2/c1-3-17(21,13-22-4-2)12-16(20)18(10-5-11-18)14-6-8-15(19)9-7-14/h6-9,16,21H,3-5,10-13,20H2,1-2H3. The Balaban J connectivity index is 2.14. The third kappa shape index (κ3) is 3.65. The van der Waals surface area contributed by atoms with Crippen molar-refractivity contribution < 1.29 is 9.84 Å². The fraction of sp³-hybridized carbons (Fsp3) is 0.667. The van der Waals surface area contributed by atoms with Crippen molar-refractivity contribution >= 4 is 11.6 Å². The molecule has 1 fully saturated rings. The topological polar surface area (TPSA) is 55.5 Å². The van der Waals surface area contributed by atoms with Gasteiger partial charge in [-0.25, -0.2) is 0 Å². The number of ether oxygens (including phenoxy) is 1. The zero-order valence-electron chi connectivity index (χ0n) is 13.6. The Morgan fingerprint density at radius 2 is 1.95 bits per heavy atom. The maximum Gasteiger partial charge on any atom is 0.0892 e. The monoisotopic (exact) mass is 325 g/mol. The van der Waals surface area contributed by atoms with Gasteiger partial charge >= 0.3 is 0 Å². The van der Waals surface area contributed by atoms with Gasteiger partial charge in [-0.3, -0.25) is 0 Å². The summed E-state index contributed by atoms with van der Waals surface area (Å²) >= 11 is 6.00. The molecule has 0 aromatic heterocycles. The predicted octanol–water partition coefficient (Wildman–Crippen LogP) is 3.66. The minimum atomic E-state index is -0.843. The van der Waals surface area contributed by atoms with Gasteiger partial charge in [-0.1, -0.05) is 37.1 Å². The Labute approximate surface area is 138 Å². The van der Waals surface area contributed by atoms with Crippen LogP contribution in [0.1, 0.15) is 51.5 Å². The number of hydrogen-bond acceptors (Lipinski definition) is 3. The fourth-order valence-corrected chi connectivity index (χ4v) is 3.54. The van der Waals surface area contributed by atoms with E-state index in [1.54, 1.807) is 0 Å². The van der Waals surface area contributed by atoms with E-state index in [2.05, 4.69) is 12.1 Å². The smallest absolute Gasteiger partial charge is 0.0892 e. The normalized spacial score (nSPS) is 21.0. The lowest BCUT2D eigenvalue weighted by Gasteiger charge is -2.49. The molecule has 1 aromatic carbocycles. The van der Waals surface area contributed by atoms with Gasteiger partial charge in [0.2, 0.25) is 0 Å². The number of aliphatic hydroxyl groups is 1. The zero-order valence-corrected chi connectivity index (χ0v) is 14.4. The number of rotatable bonds is 8. The van der Waals surface area contributed by atoms with Crippen molar-refractivity contribution in [1.29, 1.82) is 0 Å². The lowest BCUT2D eigenvalue weighted by molar-refractivity contribution is -0.0624. The Hall–Kier alpha value is -0.610. The summed E-state index contributed by atoms with van der Waals surface area (Å²) in [6.45, 7) is 4.89. The molecule has 3 nitrogen and oxygen atoms in total. The van der Waals surface area contributed by atoms with E-state index >= 15 is 0 Å². The van der Waals surface area contributed by atoms with Crippen molar-refractivity contribution in [2.75, 3.05) is 13.2 Å². The molecule has 3 N–H and O–H groups in total. The highest BCUT2D eigenvalue weighted by Gasteiger charge is 2.46. The molecule has 0 saturated heterocycles. The summed E-state index contributed by atoms with van der Waals surface area (Å²) < 4.78 is 5.45. The van der Waals surface area contributed by atoms with Crippen molar-refractivity contribution in [2.24, 2.45) is 5.73 Å². The summed E-state index contributed by atoms with van der Waals surface area (Å²) in [5.74, 6) is 0. The molecule has 2 atom stereocenters. The summed E-state index contributed by atoms with van der Waals surface area (Å²) in [6, 6.07) is 7.93. The molecule has 2 unspecified atom stereocenters. The quantitative estimate of drug-likeness (QED) is 0.767. The molecule has 2 rings (SSSR count). The molecule has 1 aliphatic carbocycles. The van der Waals surface area contributed by atoms with E-state index in [1.807, 2.05) is 26.0 Å². The molecule has 0 bridgehead atoms. The van der Waals surface area contributed by atoms with Crippen LogP contribution in [0.3, 0.4) is 0 Å². The van der Waals surface area contributed by atoms with E-state index in [-0.39, 0.29) is 11.5 Å². The fourth-order valence-electron chi connectivity index (χ4n) is 3.42. The van der Waals surface area contributed by atoms with Crippen LogP contribution in [0.25, 0.3) is 0 Å². The summed E-state index contributed by atoms with van der Waals surface area (Å²) in [5, 5.41) is 11.5. The zero-order chi connectivity index (χ0) is 16.2. The molecule has 22 heavy (non-hydrogen) atoms. The highest BCUT2D eigenvalue weighted by atomic mass is 35.5. The first-order valence-corrected chi connectivity index (χ1v) is 8.65. The minimum absolute atomic E-state index is 0.0278. The minimum Gasteiger partial charge on any atom is -0.387 e. The van der Waals surface area contributed by atoms with Crippen LogP contribution in [0.4, 0.5) is 0 Å². The van der Waals surface area contributed by atoms with Gasteiger partial charge in [-0.2, -0.15) is 0 Å². The first-order chi connectivity index (χ1) is 10.5. The van der Waals surface area contributed by atoms with Gasteiger partial charge in [0.05, 0.1) is 12.2 Å². The molecule has 0 spiro atoms. The number of nitrogens with two attached hydrogens (primary N) is 1. The number of halogens is 1. The Morgan fingerprint density at radius 3 is 2.41 bits per heavy atom. The van der Waals surface area contributed by atoms with E-state index in [0.717, 1.165) is 17.9 Å². The van der Waals surface area contributed by atoms with Gasteiger partial charge in [0.15, 0.2) is 0 Å². The number of benzene rings is 1. The molecule has 0 radical (unpaired) electrons. The van der Waals surface area contributed by atoms with E-state index in [1.165, 1.54) is 12.0 Å². The van der Waals surface area contributed by atoms with Crippen LogP contribution in [0, 0.1) is 0 Å². The van der Waals surface area contributed by atoms with E-state index in [4.69, 9.17) is 22.1 Å². The Morgan fingerprint density at radius 1 is 1.32 bits per heavy atom. The molecule has 124 valence electrons. The third-order valence-corrected chi connectivity index (χ3v) is 5.46. The number of hydrogen-bond donors (Lipinski definition) is 2. The van der Waals surface area contributed by atoms with Gasteiger partial charge in [-0.05, 0) is 50.3 Å². The van der Waals surface area contributed by atoms with E-state index in [0.29, 0.717) is 26.1 Å². The molecule has 1 saturated carbocycles. The molecule has 0 heterocycles. The van der Waals surface area contributed by atoms with Gasteiger partial charge in [0.1, 0.15) is 0 Å². The second kappa shape index (κ2) is 7.31. The SMILES string of the molecule is CCOCC(O)(CC)CC(N)C1(c2ccc(Cl)cc2)CCC1. The summed E-state index contributed by atoms with van der Waals surface area (Å²) in [5.41, 5.74) is 6.94. The first-order valence-electron chi connectivity index (χ1n) is 8.27. The lowest BCUT2D eigenvalue weighted by Crippen LogP contribution is -2.54. The van der Waals surface area contributed by atoms with Crippen LogP contribution in [0.15, 0.2) is 24.3 Å². The summed E-state index contributed by atoms with van der Waals surface area (Å²) in [4.78, 5) is 0. The molecule has 0 aliphatic heterocycles. The van der Waals surface area contributed by atoms with Crippen molar-refractivity contribution in [3.05, 3.63) is 34.9 Å². The predicted molar refractivity (Wildman–Crippen MR) is 91.3 cm³/mol. The van der Waals surface area contributed by atoms with Crippen LogP contribution in [-0.4, -0.2) is 30.0 Å². The van der Waals surface area contributed by atoms with Crippen LogP contribution >= 0.6 is 11.6 Å².